The van der Waals surface area contributed by atoms with Gasteiger partial charge >= 0.3 is 0 Å². The van der Waals surface area contributed by atoms with Crippen LogP contribution in [0, 0.1) is 0 Å². The summed E-state index contributed by atoms with van der Waals surface area (Å²) in [6, 6.07) is 136. The van der Waals surface area contributed by atoms with Gasteiger partial charge in [0.1, 0.15) is 45.3 Å². The molecule has 6 aliphatic rings. The lowest BCUT2D eigenvalue weighted by molar-refractivity contribution is 0.436. The van der Waals surface area contributed by atoms with Gasteiger partial charge in [0, 0.05) is 87.5 Å². The Labute approximate surface area is 697 Å². The highest BCUT2D eigenvalue weighted by atomic mass is 79.9. The molecule has 0 atom stereocenters. The molecule has 2 aromatic heterocycles. The number of benzene rings is 18. The van der Waals surface area contributed by atoms with Crippen LogP contribution in [0.15, 0.2) is 389 Å². The third-order valence-electron chi connectivity index (χ3n) is 26.6. The number of anilines is 5. The predicted octanol–water partition coefficient (Wildman–Crippen LogP) is 30.7. The second-order valence-corrected chi connectivity index (χ2v) is 34.3. The van der Waals surface area contributed by atoms with E-state index in [2.05, 4.69) is 406 Å². The number of nitrogens with one attached hydrogen (secondary N) is 1. The summed E-state index contributed by atoms with van der Waals surface area (Å²) in [6.07, 6.45) is 0. The summed E-state index contributed by atoms with van der Waals surface area (Å²) in [6.45, 7) is 9.34. The quantitative estimate of drug-likeness (QED) is 0.185. The molecule has 4 aliphatic carbocycles. The van der Waals surface area contributed by atoms with Crippen molar-refractivity contribution in [2.75, 3.05) is 10.2 Å². The molecule has 6 nitrogen and oxygen atoms in total. The topological polar surface area (TPSA) is 60.0 Å². The largest absolute Gasteiger partial charge is 0.457 e. The number of hydrogen-bond acceptors (Lipinski definition) is 6. The molecule has 0 fully saturated rings. The molecule has 4 heterocycles. The van der Waals surface area contributed by atoms with Gasteiger partial charge in [0.05, 0.1) is 10.8 Å². The van der Waals surface area contributed by atoms with Gasteiger partial charge in [-0.15, -0.1) is 0 Å². The van der Waals surface area contributed by atoms with Crippen molar-refractivity contribution in [1.82, 2.24) is 0 Å². The van der Waals surface area contributed by atoms with Crippen LogP contribution < -0.4 is 19.7 Å². The Bertz CT molecular complexity index is 7630. The van der Waals surface area contributed by atoms with E-state index in [9.17, 15) is 0 Å². The van der Waals surface area contributed by atoms with Crippen LogP contribution in [-0.4, -0.2) is 0 Å². The Morgan fingerprint density at radius 3 is 1.13 bits per heavy atom. The number of hydrogen-bond donors (Lipinski definition) is 1. The lowest BCUT2D eigenvalue weighted by atomic mass is 9.66. The van der Waals surface area contributed by atoms with Gasteiger partial charge in [-0.1, -0.05) is 298 Å². The number of furan rings is 2. The Morgan fingerprint density at radius 2 is 0.597 bits per heavy atom. The molecule has 2 aliphatic heterocycles. The van der Waals surface area contributed by atoms with E-state index >= 15 is 0 Å². The fraction of sp³-hybridized carbons (Fsp3) is 0.0714. The van der Waals surface area contributed by atoms with Gasteiger partial charge in [-0.05, 0) is 232 Å². The smallest absolute Gasteiger partial charge is 0.135 e. The number of ether oxygens (including phenoxy) is 2. The highest BCUT2D eigenvalue weighted by molar-refractivity contribution is 9.10. The minimum absolute atomic E-state index is 0.00827. The fourth-order valence-corrected chi connectivity index (χ4v) is 21.7. The van der Waals surface area contributed by atoms with Gasteiger partial charge in [0.15, 0.2) is 0 Å². The SMILES string of the molecule is Brc1ccc2c(c1)C1(c3ccccc3Oc3ccccc31)c1ccc3ccccc3c1-2.CC1(C)c2ccccc2-c2ccc(N(c3ccc4c(c3)C3(c5ccccc5Oc5ccccc53)c3ccc5ccccc5c3-4)c3ccc4oc5ccccc5c4c3)cc21.CC1(C)c2ccccc2-c2ccc(Nc3ccc4oc5ccccc5c4c3)cc21. The van der Waals surface area contributed by atoms with Gasteiger partial charge in [0.25, 0.3) is 0 Å². The van der Waals surface area contributed by atoms with Crippen molar-refractivity contribution in [3.63, 3.8) is 0 Å². The van der Waals surface area contributed by atoms with Gasteiger partial charge < -0.3 is 28.5 Å². The zero-order valence-corrected chi connectivity index (χ0v) is 67.3. The fourth-order valence-electron chi connectivity index (χ4n) is 21.3. The summed E-state index contributed by atoms with van der Waals surface area (Å²) in [7, 11) is 0. The number of rotatable bonds is 5. The van der Waals surface area contributed by atoms with E-state index < -0.39 is 10.8 Å². The summed E-state index contributed by atoms with van der Waals surface area (Å²) in [5.41, 5.74) is 33.7. The average molecular weight is 1590 g/mol. The van der Waals surface area contributed by atoms with Crippen LogP contribution in [0.2, 0.25) is 0 Å². The van der Waals surface area contributed by atoms with Crippen LogP contribution >= 0.6 is 15.9 Å². The summed E-state index contributed by atoms with van der Waals surface area (Å²) in [4.78, 5) is 2.45. The second-order valence-electron chi connectivity index (χ2n) is 33.4. The molecule has 1 N–H and O–H groups in total. The molecule has 7 heteroatoms. The first-order valence-electron chi connectivity index (χ1n) is 41.0. The Morgan fingerprint density at radius 1 is 0.244 bits per heavy atom. The van der Waals surface area contributed by atoms with Crippen molar-refractivity contribution in [1.29, 1.82) is 0 Å². The molecular formula is C112H75BrN2O4. The highest BCUT2D eigenvalue weighted by Gasteiger charge is 2.54. The number of fused-ring (bicyclic) bond motifs is 34. The second kappa shape index (κ2) is 25.9. The lowest BCUT2D eigenvalue weighted by Gasteiger charge is -2.39. The standard InChI is InChI=1S/C56H37NO2.C29H17BrO.C27H21NO/c1-55(2)44-17-7-5-15-39(44)40-27-24-36(32-48(40)55)57(35-26-30-51-43(31-35)41-16-6-10-20-50(41)58-51)37-25-28-42-49(33-37)56(47-29-23-34-13-3-4-14-38(34)54(42)47)45-18-8-11-21-52(45)59-53-22-12-9-19-46(53)56;30-19-14-15-21-25(17-19)29(24-16-13-18-7-1-2-8-20(18)28(21)24)22-9-3-5-11-26(22)31-27-12-6-4-10-23(27)29;1-27(2)23-9-5-3-7-19(23)20-13-11-18(16-24(20)27)28-17-12-14-26-22(15-17)21-8-4-6-10-25(21)29-26/h3-33H,1-2H3;1-17H;3-16,28H,1-2H3. The van der Waals surface area contributed by atoms with E-state index in [0.29, 0.717) is 0 Å². The Kier molecular flexibility index (Phi) is 15.0. The highest BCUT2D eigenvalue weighted by Crippen LogP contribution is 2.66. The molecule has 0 bridgehead atoms. The third-order valence-corrected chi connectivity index (χ3v) is 27.0. The molecule has 2 spiro atoms. The molecule has 0 unspecified atom stereocenters. The molecule has 26 rings (SSSR count). The molecule has 0 saturated carbocycles. The molecule has 119 heavy (non-hydrogen) atoms. The number of nitrogens with zero attached hydrogens (tertiary/aromatic N) is 1. The van der Waals surface area contributed by atoms with Gasteiger partial charge in [-0.2, -0.15) is 0 Å². The summed E-state index contributed by atoms with van der Waals surface area (Å²) >= 11 is 3.76. The molecule has 20 aromatic rings. The van der Waals surface area contributed by atoms with Crippen molar-refractivity contribution in [3.05, 3.63) is 447 Å². The third kappa shape index (κ3) is 10.0. The van der Waals surface area contributed by atoms with Crippen LogP contribution in [0.5, 0.6) is 23.0 Å². The van der Waals surface area contributed by atoms with Crippen LogP contribution in [0.1, 0.15) is 94.5 Å². The van der Waals surface area contributed by atoms with E-state index in [-0.39, 0.29) is 10.8 Å². The van der Waals surface area contributed by atoms with Gasteiger partial charge in [-0.25, -0.2) is 0 Å². The van der Waals surface area contributed by atoms with Crippen molar-refractivity contribution in [2.45, 2.75) is 49.4 Å². The van der Waals surface area contributed by atoms with Crippen molar-refractivity contribution >= 4 is 110 Å². The molecule has 0 amide bonds. The summed E-state index contributed by atoms with van der Waals surface area (Å²) < 4.78 is 26.5. The van der Waals surface area contributed by atoms with E-state index in [4.69, 9.17) is 18.3 Å². The van der Waals surface area contributed by atoms with Crippen LogP contribution in [-0.2, 0) is 21.7 Å². The normalized spacial score (nSPS) is 14.5. The van der Waals surface area contributed by atoms with Crippen molar-refractivity contribution < 1.29 is 18.3 Å². The maximum absolute atomic E-state index is 6.74. The maximum atomic E-state index is 6.74. The minimum atomic E-state index is -0.617. The predicted molar refractivity (Wildman–Crippen MR) is 491 cm³/mol. The van der Waals surface area contributed by atoms with E-state index in [1.54, 1.807) is 0 Å². The van der Waals surface area contributed by atoms with Crippen LogP contribution in [0.25, 0.3) is 110 Å². The van der Waals surface area contributed by atoms with Crippen LogP contribution in [0.3, 0.4) is 0 Å². The molecule has 18 aromatic carbocycles. The van der Waals surface area contributed by atoms with E-state index in [0.717, 1.165) is 111 Å². The number of para-hydroxylation sites is 6. The zero-order valence-electron chi connectivity index (χ0n) is 65.8. The lowest BCUT2D eigenvalue weighted by Crippen LogP contribution is -2.32. The Balaban J connectivity index is 0.000000113. The monoisotopic (exact) mass is 1590 g/mol. The molecule has 0 saturated heterocycles. The van der Waals surface area contributed by atoms with E-state index in [1.807, 2.05) is 24.3 Å². The first-order chi connectivity index (χ1) is 58.4. The van der Waals surface area contributed by atoms with E-state index in [1.165, 1.54) is 122 Å². The zero-order chi connectivity index (χ0) is 79.2. The average Bonchev–Trinajstić information content (AvgIpc) is 1.53. The summed E-state index contributed by atoms with van der Waals surface area (Å²) in [5.74, 6) is 3.62. The molecule has 0 radical (unpaired) electrons. The Hall–Kier alpha value is -14.2. The van der Waals surface area contributed by atoms with Crippen LogP contribution in [0.4, 0.5) is 28.4 Å². The first kappa shape index (κ1) is 69.1. The van der Waals surface area contributed by atoms with Gasteiger partial charge in [0.2, 0.25) is 0 Å². The number of halogens is 1. The summed E-state index contributed by atoms with van der Waals surface area (Å²) in [5, 5.41) is 13.1. The maximum Gasteiger partial charge on any atom is 0.135 e. The van der Waals surface area contributed by atoms with Crippen molar-refractivity contribution in [2.24, 2.45) is 0 Å². The molecule has 564 valence electrons. The minimum Gasteiger partial charge on any atom is -0.457 e. The molecular weight excluding hydrogens is 1520 g/mol. The van der Waals surface area contributed by atoms with Crippen molar-refractivity contribution in [3.8, 4) is 67.5 Å². The first-order valence-corrected chi connectivity index (χ1v) is 41.8. The van der Waals surface area contributed by atoms with Gasteiger partial charge in [-0.3, -0.25) is 0 Å².